The number of carbonyl (C=O) groups excluding carboxylic acids is 2. The largest absolute Gasteiger partial charge is 0.480 e. The highest BCUT2D eigenvalue weighted by atomic mass is 35.5. The second-order valence-electron chi connectivity index (χ2n) is 11.7. The molecule has 2 aromatic heterocycles. The van der Waals surface area contributed by atoms with Crippen LogP contribution in [0.15, 0.2) is 48.8 Å². The number of carbonyl (C=O) groups is 2. The van der Waals surface area contributed by atoms with Crippen LogP contribution < -0.4 is 25.4 Å². The Balaban J connectivity index is 1.21. The predicted molar refractivity (Wildman–Crippen MR) is 183 cm³/mol. The minimum Gasteiger partial charge on any atom is -0.480 e. The van der Waals surface area contributed by atoms with Gasteiger partial charge in [-0.3, -0.25) is 24.5 Å². The van der Waals surface area contributed by atoms with Crippen molar-refractivity contribution in [3.05, 3.63) is 70.2 Å². The van der Waals surface area contributed by atoms with Gasteiger partial charge < -0.3 is 25.4 Å². The molecule has 2 fully saturated rings. The Morgan fingerprint density at radius 3 is 2.02 bits per heavy atom. The van der Waals surface area contributed by atoms with Gasteiger partial charge in [-0.25, -0.2) is 9.97 Å². The number of rotatable bonds is 12. The maximum absolute atomic E-state index is 11.9. The van der Waals surface area contributed by atoms with Gasteiger partial charge in [-0.15, -0.1) is 0 Å². The summed E-state index contributed by atoms with van der Waals surface area (Å²) in [6, 6.07) is 11.4. The molecule has 0 radical (unpaired) electrons. The van der Waals surface area contributed by atoms with E-state index in [0.717, 1.165) is 6.42 Å². The van der Waals surface area contributed by atoms with Gasteiger partial charge in [0.15, 0.2) is 0 Å². The summed E-state index contributed by atoms with van der Waals surface area (Å²) < 4.78 is 11.2. The number of halogens is 2. The minimum atomic E-state index is -0.0188. The zero-order chi connectivity index (χ0) is 33.8. The molecule has 4 aromatic rings. The summed E-state index contributed by atoms with van der Waals surface area (Å²) in [6.45, 7) is 2.90. The number of nitrogens with one attached hydrogen (secondary N) is 3. The molecule has 48 heavy (non-hydrogen) atoms. The van der Waals surface area contributed by atoms with Crippen LogP contribution in [0.2, 0.25) is 10.0 Å². The number of aromatic nitrogens is 4. The number of nitrogens with zero attached hydrogens (tertiary/aromatic N) is 5. The van der Waals surface area contributed by atoms with Gasteiger partial charge in [-0.1, -0.05) is 59.6 Å². The molecule has 4 heterocycles. The number of amides is 2. The Kier molecular flexibility index (Phi) is 10.4. The summed E-state index contributed by atoms with van der Waals surface area (Å²) in [5, 5.41) is 9.88. The quantitative estimate of drug-likeness (QED) is 0.199. The fourth-order valence-electron chi connectivity index (χ4n) is 5.96. The Morgan fingerprint density at radius 1 is 0.917 bits per heavy atom. The van der Waals surface area contributed by atoms with Gasteiger partial charge >= 0.3 is 0 Å². The van der Waals surface area contributed by atoms with Crippen LogP contribution in [0.3, 0.4) is 0 Å². The first kappa shape index (κ1) is 33.5. The maximum atomic E-state index is 11.9. The van der Waals surface area contributed by atoms with Crippen LogP contribution >= 0.6 is 23.2 Å². The van der Waals surface area contributed by atoms with Crippen LogP contribution in [-0.2, 0) is 22.7 Å². The first-order valence-electron chi connectivity index (χ1n) is 15.6. The summed E-state index contributed by atoms with van der Waals surface area (Å²) in [5.74, 6) is 0.884. The molecule has 0 bridgehead atoms. The molecule has 250 valence electrons. The summed E-state index contributed by atoms with van der Waals surface area (Å²) in [7, 11) is 4.76. The maximum Gasteiger partial charge on any atom is 0.237 e. The number of methoxy groups -OCH3 is 2. The van der Waals surface area contributed by atoms with Crippen LogP contribution in [0.25, 0.3) is 33.6 Å². The van der Waals surface area contributed by atoms with Crippen molar-refractivity contribution in [2.24, 2.45) is 5.92 Å². The normalized spacial score (nSPS) is 16.4. The Labute approximate surface area is 288 Å². The van der Waals surface area contributed by atoms with Crippen LogP contribution in [0.4, 0.5) is 0 Å². The number of likely N-dealkylation sites (tertiary alicyclic amines) is 1. The highest BCUT2D eigenvalue weighted by Gasteiger charge is 2.33. The third-order valence-electron chi connectivity index (χ3n) is 8.57. The molecule has 6 rings (SSSR count). The average Bonchev–Trinajstić information content (AvgIpc) is 3.51. The summed E-state index contributed by atoms with van der Waals surface area (Å²) in [4.78, 5) is 44.2. The summed E-state index contributed by atoms with van der Waals surface area (Å²) >= 11 is 14.1. The first-order valence-corrected chi connectivity index (χ1v) is 16.4. The molecule has 2 saturated heterocycles. The van der Waals surface area contributed by atoms with E-state index in [4.69, 9.17) is 42.6 Å². The van der Waals surface area contributed by atoms with E-state index in [9.17, 15) is 9.59 Å². The second-order valence-corrected chi connectivity index (χ2v) is 12.5. The molecule has 2 aromatic carbocycles. The average molecular weight is 692 g/mol. The van der Waals surface area contributed by atoms with Crippen LogP contribution in [-0.4, -0.2) is 83.6 Å². The third kappa shape index (κ3) is 7.07. The lowest BCUT2D eigenvalue weighted by Gasteiger charge is -2.37. The highest BCUT2D eigenvalue weighted by Crippen LogP contribution is 2.42. The SMILES string of the molecule is CNC(=O)C1CN(Cc2ncc(-c3cccc(-c4cccc(-c5cnc(CNC[C@@H]6CCC(=O)N6)c(OC)n5)c4Cl)c3Cl)nc2OC)C1. The van der Waals surface area contributed by atoms with Crippen molar-refractivity contribution >= 4 is 35.0 Å². The lowest BCUT2D eigenvalue weighted by Crippen LogP contribution is -2.52. The van der Waals surface area contributed by atoms with E-state index < -0.39 is 0 Å². The Morgan fingerprint density at radius 2 is 1.48 bits per heavy atom. The van der Waals surface area contributed by atoms with Gasteiger partial charge in [0.05, 0.1) is 54.0 Å². The topological polar surface area (TPSA) is 143 Å². The number of hydrogen-bond acceptors (Lipinski definition) is 10. The zero-order valence-electron chi connectivity index (χ0n) is 26.8. The zero-order valence-corrected chi connectivity index (χ0v) is 28.4. The Bertz CT molecular complexity index is 1840. The fourth-order valence-corrected chi connectivity index (χ4v) is 6.61. The molecular formula is C34H36Cl2N8O4. The monoisotopic (exact) mass is 690 g/mol. The molecule has 3 N–H and O–H groups in total. The summed E-state index contributed by atoms with van der Waals surface area (Å²) in [6.07, 6.45) is 4.71. The smallest absolute Gasteiger partial charge is 0.237 e. The minimum absolute atomic E-state index is 0.0188. The van der Waals surface area contributed by atoms with Gasteiger partial charge in [-0.05, 0) is 6.42 Å². The molecule has 0 spiro atoms. The lowest BCUT2D eigenvalue weighted by atomic mass is 9.98. The molecule has 2 aliphatic heterocycles. The van der Waals surface area contributed by atoms with E-state index in [-0.39, 0.29) is 23.8 Å². The first-order chi connectivity index (χ1) is 23.3. The molecule has 0 saturated carbocycles. The number of benzene rings is 2. The third-order valence-corrected chi connectivity index (χ3v) is 9.38. The summed E-state index contributed by atoms with van der Waals surface area (Å²) in [5.41, 5.74) is 5.20. The van der Waals surface area contributed by atoms with Crippen molar-refractivity contribution in [2.45, 2.75) is 32.0 Å². The van der Waals surface area contributed by atoms with Gasteiger partial charge in [0, 0.05) is 74.5 Å². The van der Waals surface area contributed by atoms with Gasteiger partial charge in [0.25, 0.3) is 0 Å². The van der Waals surface area contributed by atoms with Gasteiger partial charge in [0.1, 0.15) is 11.4 Å². The molecule has 0 aliphatic carbocycles. The standard InChI is InChI=1S/C34H36Cl2N8O4/c1-37-32(46)19-16-44(17-19)18-28-34(48-3)43-26(15-40-28)24-9-5-7-22(31(24)36)21-6-4-8-23(30(21)35)25-14-39-27(33(42-25)47-2)13-38-12-20-10-11-29(45)41-20/h4-9,14-15,19-20,38H,10-13,16-18H2,1-3H3,(H,37,46)(H,41,45)/t20-/m0/s1. The number of hydrogen-bond donors (Lipinski definition) is 3. The van der Waals surface area contributed by atoms with Crippen molar-refractivity contribution in [1.82, 2.24) is 40.8 Å². The molecular weight excluding hydrogens is 655 g/mol. The molecule has 12 nitrogen and oxygen atoms in total. The van der Waals surface area contributed by atoms with Crippen molar-refractivity contribution in [1.29, 1.82) is 0 Å². The molecule has 14 heteroatoms. The van der Waals surface area contributed by atoms with E-state index in [2.05, 4.69) is 30.8 Å². The Hall–Kier alpha value is -4.36. The van der Waals surface area contributed by atoms with Crippen LogP contribution in [0, 0.1) is 5.92 Å². The van der Waals surface area contributed by atoms with Crippen molar-refractivity contribution in [2.75, 3.05) is 40.9 Å². The molecule has 1 atom stereocenters. The van der Waals surface area contributed by atoms with E-state index in [1.165, 1.54) is 0 Å². The molecule has 2 amide bonds. The molecule has 0 unspecified atom stereocenters. The van der Waals surface area contributed by atoms with Gasteiger partial charge in [0.2, 0.25) is 23.6 Å². The van der Waals surface area contributed by atoms with E-state index in [0.29, 0.717) is 106 Å². The second kappa shape index (κ2) is 14.8. The number of ether oxygens (including phenoxy) is 2. The van der Waals surface area contributed by atoms with Crippen molar-refractivity contribution in [3.8, 4) is 45.4 Å². The van der Waals surface area contributed by atoms with Gasteiger partial charge in [-0.2, -0.15) is 0 Å². The van der Waals surface area contributed by atoms with Crippen molar-refractivity contribution < 1.29 is 19.1 Å². The molecule has 2 aliphatic rings. The fraction of sp³-hybridized carbons (Fsp3) is 0.353. The van der Waals surface area contributed by atoms with E-state index >= 15 is 0 Å². The van der Waals surface area contributed by atoms with Crippen LogP contribution in [0.1, 0.15) is 24.2 Å². The van der Waals surface area contributed by atoms with Crippen molar-refractivity contribution in [3.63, 3.8) is 0 Å². The predicted octanol–water partition coefficient (Wildman–Crippen LogP) is 4.14. The lowest BCUT2D eigenvalue weighted by molar-refractivity contribution is -0.130. The van der Waals surface area contributed by atoms with E-state index in [1.807, 2.05) is 36.4 Å². The van der Waals surface area contributed by atoms with Crippen LogP contribution in [0.5, 0.6) is 11.8 Å². The highest BCUT2D eigenvalue weighted by molar-refractivity contribution is 6.39. The van der Waals surface area contributed by atoms with E-state index in [1.54, 1.807) is 33.7 Å².